The van der Waals surface area contributed by atoms with E-state index in [0.29, 0.717) is 10.7 Å². The Morgan fingerprint density at radius 1 is 1.38 bits per heavy atom. The minimum atomic E-state index is -3.31. The number of anilines is 1. The molecule has 0 aliphatic rings. The minimum absolute atomic E-state index is 0.211. The van der Waals surface area contributed by atoms with E-state index in [0.717, 1.165) is 6.26 Å². The van der Waals surface area contributed by atoms with E-state index in [1.165, 1.54) is 6.07 Å². The van der Waals surface area contributed by atoms with Crippen molar-refractivity contribution in [2.45, 2.75) is 12.5 Å². The van der Waals surface area contributed by atoms with Gasteiger partial charge in [0.1, 0.15) is 15.9 Å². The number of carbonyl (C=O) groups excluding carboxylic acids is 1. The monoisotopic (exact) mass is 334 g/mol. The second-order valence-electron chi connectivity index (χ2n) is 4.42. The number of hydrogen-bond acceptors (Lipinski definition) is 4. The maximum absolute atomic E-state index is 11.7. The standard InChI is InChI=1S/C12H15ClN2O5S/c1-21(19,20)6-5-10(11(16)17)15-12(18)14-9-4-2-3-8(13)7-9/h2-4,7,10H,5-6H2,1H3,(H,16,17)(H2,14,15,18). The van der Waals surface area contributed by atoms with Crippen LogP contribution in [0.4, 0.5) is 10.5 Å². The molecular formula is C12H15ClN2O5S. The van der Waals surface area contributed by atoms with Crippen molar-refractivity contribution in [3.05, 3.63) is 29.3 Å². The third-order valence-corrected chi connectivity index (χ3v) is 3.68. The molecule has 2 amide bonds. The Hall–Kier alpha value is -1.80. The fraction of sp³-hybridized carbons (Fsp3) is 0.333. The summed E-state index contributed by atoms with van der Waals surface area (Å²) in [6.45, 7) is 0. The molecule has 21 heavy (non-hydrogen) atoms. The Kier molecular flexibility index (Phi) is 5.98. The van der Waals surface area contributed by atoms with Gasteiger partial charge in [-0.3, -0.25) is 0 Å². The van der Waals surface area contributed by atoms with Gasteiger partial charge in [-0.25, -0.2) is 18.0 Å². The maximum atomic E-state index is 11.7. The number of halogens is 1. The molecule has 1 aromatic carbocycles. The Morgan fingerprint density at radius 2 is 2.05 bits per heavy atom. The summed E-state index contributed by atoms with van der Waals surface area (Å²) < 4.78 is 22.1. The van der Waals surface area contributed by atoms with Gasteiger partial charge in [0.25, 0.3) is 0 Å². The number of amides is 2. The predicted octanol–water partition coefficient (Wildman–Crippen LogP) is 1.35. The smallest absolute Gasteiger partial charge is 0.326 e. The summed E-state index contributed by atoms with van der Waals surface area (Å²) in [5.41, 5.74) is 0.396. The van der Waals surface area contributed by atoms with E-state index >= 15 is 0 Å². The SMILES string of the molecule is CS(=O)(=O)CCC(NC(=O)Nc1cccc(Cl)c1)C(=O)O. The predicted molar refractivity (Wildman–Crippen MR) is 79.4 cm³/mol. The van der Waals surface area contributed by atoms with E-state index < -0.39 is 27.9 Å². The van der Waals surface area contributed by atoms with E-state index in [4.69, 9.17) is 16.7 Å². The molecule has 0 aliphatic heterocycles. The van der Waals surface area contributed by atoms with Gasteiger partial charge in [-0.05, 0) is 24.6 Å². The van der Waals surface area contributed by atoms with E-state index in [2.05, 4.69) is 10.6 Å². The molecule has 1 rings (SSSR count). The van der Waals surface area contributed by atoms with E-state index in [-0.39, 0.29) is 12.2 Å². The van der Waals surface area contributed by atoms with Crippen molar-refractivity contribution in [2.24, 2.45) is 0 Å². The van der Waals surface area contributed by atoms with Gasteiger partial charge < -0.3 is 15.7 Å². The summed E-state index contributed by atoms with van der Waals surface area (Å²) in [6, 6.07) is 4.27. The molecule has 3 N–H and O–H groups in total. The Morgan fingerprint density at radius 3 is 2.57 bits per heavy atom. The Balaban J connectivity index is 2.62. The normalized spacial score (nSPS) is 12.5. The lowest BCUT2D eigenvalue weighted by atomic mass is 10.2. The number of nitrogens with one attached hydrogen (secondary N) is 2. The highest BCUT2D eigenvalue weighted by Crippen LogP contribution is 2.14. The fourth-order valence-electron chi connectivity index (χ4n) is 1.48. The van der Waals surface area contributed by atoms with Crippen LogP contribution in [0.2, 0.25) is 5.02 Å². The van der Waals surface area contributed by atoms with Gasteiger partial charge >= 0.3 is 12.0 Å². The number of aliphatic carboxylic acids is 1. The minimum Gasteiger partial charge on any atom is -0.480 e. The molecule has 0 spiro atoms. The Bertz CT molecular complexity index is 632. The largest absolute Gasteiger partial charge is 0.480 e. The van der Waals surface area contributed by atoms with Crippen LogP contribution in [-0.2, 0) is 14.6 Å². The van der Waals surface area contributed by atoms with Crippen LogP contribution in [0.5, 0.6) is 0 Å². The quantitative estimate of drug-likeness (QED) is 0.726. The van der Waals surface area contributed by atoms with Crippen LogP contribution in [-0.4, -0.2) is 43.6 Å². The molecule has 9 heteroatoms. The third-order valence-electron chi connectivity index (χ3n) is 2.46. The van der Waals surface area contributed by atoms with Crippen LogP contribution in [0.25, 0.3) is 0 Å². The summed E-state index contributed by atoms with van der Waals surface area (Å²) in [6.07, 6.45) is 0.787. The van der Waals surface area contributed by atoms with Gasteiger partial charge in [0.15, 0.2) is 0 Å². The van der Waals surface area contributed by atoms with Crippen LogP contribution in [0.15, 0.2) is 24.3 Å². The highest BCUT2D eigenvalue weighted by molar-refractivity contribution is 7.90. The first-order valence-corrected chi connectivity index (χ1v) is 8.35. The van der Waals surface area contributed by atoms with Crippen LogP contribution < -0.4 is 10.6 Å². The van der Waals surface area contributed by atoms with Crippen LogP contribution >= 0.6 is 11.6 Å². The van der Waals surface area contributed by atoms with Crippen molar-refractivity contribution < 1.29 is 23.1 Å². The molecule has 0 heterocycles. The van der Waals surface area contributed by atoms with Gasteiger partial charge in [-0.2, -0.15) is 0 Å². The Labute approximate surface area is 127 Å². The molecule has 0 aromatic heterocycles. The molecule has 1 aromatic rings. The van der Waals surface area contributed by atoms with Gasteiger partial charge in [-0.1, -0.05) is 17.7 Å². The first-order valence-electron chi connectivity index (χ1n) is 5.91. The second-order valence-corrected chi connectivity index (χ2v) is 7.11. The van der Waals surface area contributed by atoms with Crippen molar-refractivity contribution in [3.63, 3.8) is 0 Å². The summed E-state index contributed by atoms with van der Waals surface area (Å²) in [4.78, 5) is 22.7. The second kappa shape index (κ2) is 7.28. The fourth-order valence-corrected chi connectivity index (χ4v) is 2.34. The average molecular weight is 335 g/mol. The van der Waals surface area contributed by atoms with Crippen molar-refractivity contribution in [1.29, 1.82) is 0 Å². The number of rotatable bonds is 6. The van der Waals surface area contributed by atoms with Crippen molar-refractivity contribution in [2.75, 3.05) is 17.3 Å². The highest BCUT2D eigenvalue weighted by atomic mass is 35.5. The number of urea groups is 1. The molecule has 0 bridgehead atoms. The summed E-state index contributed by atoms with van der Waals surface area (Å²) in [5, 5.41) is 14.0. The molecule has 0 aliphatic carbocycles. The first-order chi connectivity index (χ1) is 9.67. The molecular weight excluding hydrogens is 320 g/mol. The highest BCUT2D eigenvalue weighted by Gasteiger charge is 2.21. The number of benzene rings is 1. The molecule has 0 fully saturated rings. The van der Waals surface area contributed by atoms with Crippen LogP contribution in [0.3, 0.4) is 0 Å². The van der Waals surface area contributed by atoms with E-state index in [1.807, 2.05) is 0 Å². The zero-order chi connectivity index (χ0) is 16.0. The topological polar surface area (TPSA) is 113 Å². The molecule has 1 unspecified atom stereocenters. The number of hydrogen-bond donors (Lipinski definition) is 3. The number of carbonyl (C=O) groups is 2. The molecule has 1 atom stereocenters. The number of sulfone groups is 1. The lowest BCUT2D eigenvalue weighted by Gasteiger charge is -2.14. The summed E-state index contributed by atoms with van der Waals surface area (Å²) in [5.74, 6) is -1.64. The zero-order valence-electron chi connectivity index (χ0n) is 11.2. The van der Waals surface area contributed by atoms with Gasteiger partial charge in [0.2, 0.25) is 0 Å². The average Bonchev–Trinajstić information content (AvgIpc) is 2.32. The maximum Gasteiger partial charge on any atom is 0.326 e. The summed E-state index contributed by atoms with van der Waals surface area (Å²) in [7, 11) is -3.31. The zero-order valence-corrected chi connectivity index (χ0v) is 12.7. The molecule has 7 nitrogen and oxygen atoms in total. The van der Waals surface area contributed by atoms with Crippen LogP contribution in [0.1, 0.15) is 6.42 Å². The molecule has 116 valence electrons. The molecule has 0 radical (unpaired) electrons. The first kappa shape index (κ1) is 17.3. The van der Waals surface area contributed by atoms with E-state index in [1.54, 1.807) is 18.2 Å². The summed E-state index contributed by atoms with van der Waals surface area (Å²) >= 11 is 5.75. The van der Waals surface area contributed by atoms with Gasteiger partial charge in [0.05, 0.1) is 5.75 Å². The molecule has 0 saturated heterocycles. The van der Waals surface area contributed by atoms with E-state index in [9.17, 15) is 18.0 Å². The van der Waals surface area contributed by atoms with Crippen molar-refractivity contribution in [1.82, 2.24) is 5.32 Å². The van der Waals surface area contributed by atoms with Gasteiger partial charge in [-0.15, -0.1) is 0 Å². The van der Waals surface area contributed by atoms with Crippen molar-refractivity contribution in [3.8, 4) is 0 Å². The van der Waals surface area contributed by atoms with Gasteiger partial charge in [0, 0.05) is 17.0 Å². The lowest BCUT2D eigenvalue weighted by Crippen LogP contribution is -2.43. The molecule has 0 saturated carbocycles. The number of carboxylic acid groups (broad SMARTS) is 1. The number of carboxylic acids is 1. The van der Waals surface area contributed by atoms with Crippen LogP contribution in [0, 0.1) is 0 Å². The lowest BCUT2D eigenvalue weighted by molar-refractivity contribution is -0.139. The third kappa shape index (κ3) is 6.96. The van der Waals surface area contributed by atoms with Crippen molar-refractivity contribution >= 4 is 39.1 Å².